The maximum Gasteiger partial charge on any atom is 0.127 e. The molecule has 1 unspecified atom stereocenters. The summed E-state index contributed by atoms with van der Waals surface area (Å²) in [6.45, 7) is 6.71. The van der Waals surface area contributed by atoms with Gasteiger partial charge in [0.05, 0.1) is 0 Å². The third kappa shape index (κ3) is 4.84. The van der Waals surface area contributed by atoms with Crippen LogP contribution in [0.4, 0.5) is 5.69 Å². The van der Waals surface area contributed by atoms with Crippen molar-refractivity contribution in [1.29, 1.82) is 0 Å². The number of rotatable bonds is 6. The van der Waals surface area contributed by atoms with Gasteiger partial charge in [-0.1, -0.05) is 54.1 Å². The van der Waals surface area contributed by atoms with Crippen molar-refractivity contribution in [1.82, 2.24) is 4.90 Å². The molecule has 0 amide bonds. The van der Waals surface area contributed by atoms with Gasteiger partial charge in [0.1, 0.15) is 18.5 Å². The fourth-order valence-electron chi connectivity index (χ4n) is 3.95. The number of ether oxygens (including phenoxy) is 1. The zero-order valence-electron chi connectivity index (χ0n) is 16.7. The first-order valence-corrected chi connectivity index (χ1v) is 10.5. The van der Waals surface area contributed by atoms with Gasteiger partial charge in [0.25, 0.3) is 0 Å². The van der Waals surface area contributed by atoms with Crippen LogP contribution in [0.15, 0.2) is 60.7 Å². The second kappa shape index (κ2) is 9.04. The third-order valence-corrected chi connectivity index (χ3v) is 5.77. The molecule has 4 nitrogen and oxygen atoms in total. The molecule has 0 aromatic heterocycles. The number of fused-ring (bicyclic) bond motifs is 1. The standard InChI is InChI=1S/C24H27ClN2O2/c1-18-9-10-20(25)15-23(18)27-13-11-26(12-14-27)16-21(28)17-29-24-8-4-6-19-5-2-3-7-22(19)24/h2-10,15,21,28H,11-14,16-17H2,1H3. The fraction of sp³-hybridized carbons (Fsp3) is 0.333. The smallest absolute Gasteiger partial charge is 0.127 e. The Morgan fingerprint density at radius 2 is 1.76 bits per heavy atom. The lowest BCUT2D eigenvalue weighted by Gasteiger charge is -2.37. The summed E-state index contributed by atoms with van der Waals surface area (Å²) in [5.74, 6) is 0.823. The second-order valence-corrected chi connectivity index (χ2v) is 8.10. The van der Waals surface area contributed by atoms with E-state index in [1.54, 1.807) is 0 Å². The quantitative estimate of drug-likeness (QED) is 0.654. The van der Waals surface area contributed by atoms with Gasteiger partial charge in [-0.15, -0.1) is 0 Å². The second-order valence-electron chi connectivity index (χ2n) is 7.66. The van der Waals surface area contributed by atoms with Gasteiger partial charge in [0, 0.05) is 48.8 Å². The number of hydrogen-bond donors (Lipinski definition) is 1. The van der Waals surface area contributed by atoms with Crippen LogP contribution in [0, 0.1) is 6.92 Å². The third-order valence-electron chi connectivity index (χ3n) is 5.53. The molecule has 5 heteroatoms. The summed E-state index contributed by atoms with van der Waals surface area (Å²) in [6.07, 6.45) is -0.520. The number of nitrogens with zero attached hydrogens (tertiary/aromatic N) is 2. The van der Waals surface area contributed by atoms with Gasteiger partial charge < -0.3 is 14.7 Å². The summed E-state index contributed by atoms with van der Waals surface area (Å²) in [7, 11) is 0. The van der Waals surface area contributed by atoms with Crippen LogP contribution in [0.25, 0.3) is 10.8 Å². The number of aliphatic hydroxyl groups excluding tert-OH is 1. The summed E-state index contributed by atoms with van der Waals surface area (Å²) in [6, 6.07) is 20.2. The van der Waals surface area contributed by atoms with E-state index in [4.69, 9.17) is 16.3 Å². The SMILES string of the molecule is Cc1ccc(Cl)cc1N1CCN(CC(O)COc2cccc3ccccc23)CC1. The molecule has 0 radical (unpaired) electrons. The molecule has 3 aromatic rings. The van der Waals surface area contributed by atoms with Crippen molar-refractivity contribution in [2.45, 2.75) is 13.0 Å². The highest BCUT2D eigenvalue weighted by Crippen LogP contribution is 2.26. The van der Waals surface area contributed by atoms with E-state index in [1.165, 1.54) is 11.3 Å². The van der Waals surface area contributed by atoms with Crippen molar-refractivity contribution in [3.63, 3.8) is 0 Å². The van der Waals surface area contributed by atoms with Gasteiger partial charge in [-0.25, -0.2) is 0 Å². The minimum atomic E-state index is -0.520. The van der Waals surface area contributed by atoms with Crippen molar-refractivity contribution in [2.24, 2.45) is 0 Å². The Hall–Kier alpha value is -2.27. The first-order chi connectivity index (χ1) is 14.1. The van der Waals surface area contributed by atoms with Crippen LogP contribution in [0.1, 0.15) is 5.56 Å². The lowest BCUT2D eigenvalue weighted by Crippen LogP contribution is -2.49. The van der Waals surface area contributed by atoms with E-state index in [0.717, 1.165) is 47.7 Å². The van der Waals surface area contributed by atoms with Crippen LogP contribution >= 0.6 is 11.6 Å². The number of anilines is 1. The number of hydrogen-bond acceptors (Lipinski definition) is 4. The van der Waals surface area contributed by atoms with Gasteiger partial charge >= 0.3 is 0 Å². The van der Waals surface area contributed by atoms with Crippen molar-refractivity contribution in [2.75, 3.05) is 44.2 Å². The van der Waals surface area contributed by atoms with Crippen LogP contribution < -0.4 is 9.64 Å². The molecule has 3 aromatic carbocycles. The monoisotopic (exact) mass is 410 g/mol. The van der Waals surface area contributed by atoms with E-state index in [9.17, 15) is 5.11 Å². The first-order valence-electron chi connectivity index (χ1n) is 10.1. The van der Waals surface area contributed by atoms with Gasteiger partial charge in [-0.3, -0.25) is 4.90 Å². The van der Waals surface area contributed by atoms with Crippen molar-refractivity contribution in [3.05, 3.63) is 71.2 Å². The Bertz CT molecular complexity index is 965. The molecule has 0 bridgehead atoms. The summed E-state index contributed by atoms with van der Waals surface area (Å²) < 4.78 is 5.94. The van der Waals surface area contributed by atoms with E-state index in [0.29, 0.717) is 13.2 Å². The molecule has 4 rings (SSSR count). The van der Waals surface area contributed by atoms with Crippen molar-refractivity contribution in [3.8, 4) is 5.75 Å². The number of β-amino-alcohol motifs (C(OH)–C–C–N with tert-alkyl or cyclic N) is 1. The summed E-state index contributed by atoms with van der Waals surface area (Å²) >= 11 is 6.17. The molecule has 1 atom stereocenters. The highest BCUT2D eigenvalue weighted by Gasteiger charge is 2.21. The van der Waals surface area contributed by atoms with Crippen LogP contribution in [0.2, 0.25) is 5.02 Å². The van der Waals surface area contributed by atoms with Crippen molar-refractivity contribution >= 4 is 28.1 Å². The molecule has 1 aliphatic heterocycles. The van der Waals surface area contributed by atoms with E-state index in [-0.39, 0.29) is 0 Å². The number of benzene rings is 3. The van der Waals surface area contributed by atoms with Gasteiger partial charge in [-0.05, 0) is 36.1 Å². The van der Waals surface area contributed by atoms with E-state index < -0.39 is 6.10 Å². The average Bonchev–Trinajstić information content (AvgIpc) is 2.74. The van der Waals surface area contributed by atoms with Crippen LogP contribution in [0.3, 0.4) is 0 Å². The van der Waals surface area contributed by atoms with E-state index in [1.807, 2.05) is 42.5 Å². The van der Waals surface area contributed by atoms with E-state index in [2.05, 4.69) is 34.9 Å². The minimum absolute atomic E-state index is 0.293. The Balaban J connectivity index is 1.29. The van der Waals surface area contributed by atoms with Crippen LogP contribution in [-0.2, 0) is 0 Å². The molecule has 0 spiro atoms. The predicted octanol–water partition coefficient (Wildman–Crippen LogP) is 4.36. The predicted molar refractivity (Wildman–Crippen MR) is 120 cm³/mol. The Morgan fingerprint density at radius 1 is 1.00 bits per heavy atom. The Labute approximate surface area is 177 Å². The number of halogens is 1. The highest BCUT2D eigenvalue weighted by molar-refractivity contribution is 6.30. The molecule has 1 saturated heterocycles. The summed E-state index contributed by atoms with van der Waals surface area (Å²) in [4.78, 5) is 4.67. The summed E-state index contributed by atoms with van der Waals surface area (Å²) in [5, 5.41) is 13.5. The Morgan fingerprint density at radius 3 is 2.59 bits per heavy atom. The summed E-state index contributed by atoms with van der Waals surface area (Å²) in [5.41, 5.74) is 2.45. The average molecular weight is 411 g/mol. The number of piperazine rings is 1. The largest absolute Gasteiger partial charge is 0.490 e. The van der Waals surface area contributed by atoms with E-state index >= 15 is 0 Å². The first kappa shape index (κ1) is 20.0. The molecule has 1 aliphatic rings. The lowest BCUT2D eigenvalue weighted by atomic mass is 10.1. The molecule has 0 aliphatic carbocycles. The fourth-order valence-corrected chi connectivity index (χ4v) is 4.12. The molecular formula is C24H27ClN2O2. The molecule has 29 heavy (non-hydrogen) atoms. The maximum absolute atomic E-state index is 10.5. The molecule has 1 heterocycles. The van der Waals surface area contributed by atoms with Crippen LogP contribution in [0.5, 0.6) is 5.75 Å². The Kier molecular flexibility index (Phi) is 6.24. The van der Waals surface area contributed by atoms with Gasteiger partial charge in [0.15, 0.2) is 0 Å². The minimum Gasteiger partial charge on any atom is -0.490 e. The van der Waals surface area contributed by atoms with Gasteiger partial charge in [-0.2, -0.15) is 0 Å². The topological polar surface area (TPSA) is 35.9 Å². The van der Waals surface area contributed by atoms with Crippen LogP contribution in [-0.4, -0.2) is 55.4 Å². The molecule has 0 saturated carbocycles. The zero-order chi connectivity index (χ0) is 20.2. The molecular weight excluding hydrogens is 384 g/mol. The maximum atomic E-state index is 10.5. The normalized spacial score (nSPS) is 16.2. The number of aryl methyl sites for hydroxylation is 1. The zero-order valence-corrected chi connectivity index (χ0v) is 17.5. The highest BCUT2D eigenvalue weighted by atomic mass is 35.5. The molecule has 1 N–H and O–H groups in total. The number of aliphatic hydroxyl groups is 1. The molecule has 1 fully saturated rings. The van der Waals surface area contributed by atoms with Crippen molar-refractivity contribution < 1.29 is 9.84 Å². The molecule has 152 valence electrons. The van der Waals surface area contributed by atoms with Gasteiger partial charge in [0.2, 0.25) is 0 Å². The lowest BCUT2D eigenvalue weighted by molar-refractivity contribution is 0.0668.